The first-order valence-electron chi connectivity index (χ1n) is 6.08. The number of rotatable bonds is 2. The van der Waals surface area contributed by atoms with Crippen LogP contribution in [0, 0.1) is 0 Å². The van der Waals surface area contributed by atoms with Crippen LogP contribution in [0.5, 0.6) is 0 Å². The normalized spacial score (nSPS) is 20.9. The molecule has 0 amide bonds. The van der Waals surface area contributed by atoms with Gasteiger partial charge in [-0.1, -0.05) is 6.07 Å². The van der Waals surface area contributed by atoms with Crippen LogP contribution in [0.1, 0.15) is 41.6 Å². The lowest BCUT2D eigenvalue weighted by molar-refractivity contribution is 0.458. The Morgan fingerprint density at radius 2 is 2.35 bits per heavy atom. The standard InChI is InChI=1S/C14H16N2O/c15-13(11-6-8-17-9-11)12-5-1-3-10-4-2-7-16-14(10)12/h2,4,6-9,12-13H,1,3,5,15H2. The first-order chi connectivity index (χ1) is 8.36. The topological polar surface area (TPSA) is 52.0 Å². The quantitative estimate of drug-likeness (QED) is 0.859. The number of aromatic nitrogens is 1. The molecule has 0 spiro atoms. The Bertz CT molecular complexity index is 493. The Balaban J connectivity index is 1.95. The van der Waals surface area contributed by atoms with Gasteiger partial charge < -0.3 is 10.2 Å². The zero-order chi connectivity index (χ0) is 11.7. The van der Waals surface area contributed by atoms with Gasteiger partial charge in [0, 0.05) is 29.4 Å². The van der Waals surface area contributed by atoms with E-state index in [1.807, 2.05) is 18.3 Å². The molecule has 1 aliphatic carbocycles. The first-order valence-corrected chi connectivity index (χ1v) is 6.08. The number of furan rings is 1. The first kappa shape index (κ1) is 10.5. The van der Waals surface area contributed by atoms with Gasteiger partial charge >= 0.3 is 0 Å². The van der Waals surface area contributed by atoms with E-state index in [9.17, 15) is 0 Å². The molecule has 2 aromatic heterocycles. The molecule has 2 aromatic rings. The molecule has 2 N–H and O–H groups in total. The molecule has 2 unspecified atom stereocenters. The van der Waals surface area contributed by atoms with Crippen LogP contribution in [-0.4, -0.2) is 4.98 Å². The lowest BCUT2D eigenvalue weighted by Crippen LogP contribution is -2.24. The van der Waals surface area contributed by atoms with Crippen LogP contribution < -0.4 is 5.73 Å². The monoisotopic (exact) mass is 228 g/mol. The van der Waals surface area contributed by atoms with E-state index >= 15 is 0 Å². The third-order valence-electron chi connectivity index (χ3n) is 3.60. The van der Waals surface area contributed by atoms with E-state index in [-0.39, 0.29) is 6.04 Å². The minimum atomic E-state index is -0.0114. The van der Waals surface area contributed by atoms with Gasteiger partial charge in [0.2, 0.25) is 0 Å². The Hall–Kier alpha value is -1.61. The van der Waals surface area contributed by atoms with Crippen molar-refractivity contribution in [3.8, 4) is 0 Å². The molecule has 3 heteroatoms. The molecule has 0 aliphatic heterocycles. The molecule has 0 aromatic carbocycles. The summed E-state index contributed by atoms with van der Waals surface area (Å²) in [6, 6.07) is 6.10. The molecule has 3 nitrogen and oxygen atoms in total. The van der Waals surface area contributed by atoms with Crippen molar-refractivity contribution in [3.05, 3.63) is 53.7 Å². The van der Waals surface area contributed by atoms with Gasteiger partial charge in [-0.15, -0.1) is 0 Å². The summed E-state index contributed by atoms with van der Waals surface area (Å²) in [6.07, 6.45) is 8.70. The molecule has 17 heavy (non-hydrogen) atoms. The van der Waals surface area contributed by atoms with Crippen LogP contribution in [0.25, 0.3) is 0 Å². The third kappa shape index (κ3) is 1.87. The maximum Gasteiger partial charge on any atom is 0.0950 e. The van der Waals surface area contributed by atoms with Crippen molar-refractivity contribution in [2.24, 2.45) is 5.73 Å². The fourth-order valence-electron chi connectivity index (χ4n) is 2.69. The fraction of sp³-hybridized carbons (Fsp3) is 0.357. The minimum Gasteiger partial charge on any atom is -0.472 e. The van der Waals surface area contributed by atoms with Crippen LogP contribution in [0.2, 0.25) is 0 Å². The molecule has 3 rings (SSSR count). The van der Waals surface area contributed by atoms with E-state index in [2.05, 4.69) is 11.1 Å². The molecule has 2 heterocycles. The minimum absolute atomic E-state index is 0.0114. The summed E-state index contributed by atoms with van der Waals surface area (Å²) in [5, 5.41) is 0. The molecule has 0 fully saturated rings. The fourth-order valence-corrected chi connectivity index (χ4v) is 2.69. The summed E-state index contributed by atoms with van der Waals surface area (Å²) in [6.45, 7) is 0. The Labute approximate surface area is 101 Å². The van der Waals surface area contributed by atoms with Crippen LogP contribution in [0.15, 0.2) is 41.3 Å². The lowest BCUT2D eigenvalue weighted by Gasteiger charge is -2.28. The number of nitrogens with zero attached hydrogens (tertiary/aromatic N) is 1. The van der Waals surface area contributed by atoms with Crippen LogP contribution in [0.4, 0.5) is 0 Å². The maximum atomic E-state index is 6.33. The highest BCUT2D eigenvalue weighted by Crippen LogP contribution is 2.37. The van der Waals surface area contributed by atoms with Crippen molar-refractivity contribution in [2.45, 2.75) is 31.2 Å². The van der Waals surface area contributed by atoms with E-state index in [0.717, 1.165) is 18.4 Å². The highest BCUT2D eigenvalue weighted by molar-refractivity contribution is 5.29. The van der Waals surface area contributed by atoms with Gasteiger partial charge in [0.25, 0.3) is 0 Å². The number of pyridine rings is 1. The van der Waals surface area contributed by atoms with Crippen molar-refractivity contribution in [1.82, 2.24) is 4.98 Å². The summed E-state index contributed by atoms with van der Waals surface area (Å²) in [4.78, 5) is 4.52. The summed E-state index contributed by atoms with van der Waals surface area (Å²) < 4.78 is 5.11. The van der Waals surface area contributed by atoms with Gasteiger partial charge in [-0.2, -0.15) is 0 Å². The molecule has 0 bridgehead atoms. The summed E-state index contributed by atoms with van der Waals surface area (Å²) in [7, 11) is 0. The molecule has 1 aliphatic rings. The maximum absolute atomic E-state index is 6.33. The summed E-state index contributed by atoms with van der Waals surface area (Å²) in [5.41, 5.74) is 9.92. The Kier molecular flexibility index (Phi) is 2.69. The number of aryl methyl sites for hydroxylation is 1. The third-order valence-corrected chi connectivity index (χ3v) is 3.60. The molecule has 88 valence electrons. The van der Waals surface area contributed by atoms with Gasteiger partial charge in [-0.05, 0) is 37.0 Å². The SMILES string of the molecule is NC(c1ccoc1)C1CCCc2cccnc21. The van der Waals surface area contributed by atoms with E-state index in [1.165, 1.54) is 17.7 Å². The summed E-state index contributed by atoms with van der Waals surface area (Å²) in [5.74, 6) is 0.317. The van der Waals surface area contributed by atoms with Crippen molar-refractivity contribution in [3.63, 3.8) is 0 Å². The van der Waals surface area contributed by atoms with Gasteiger partial charge in [0.15, 0.2) is 0 Å². The van der Waals surface area contributed by atoms with Crippen LogP contribution in [-0.2, 0) is 6.42 Å². The lowest BCUT2D eigenvalue weighted by atomic mass is 9.80. The second-order valence-electron chi connectivity index (χ2n) is 4.63. The predicted octanol–water partition coefficient (Wildman–Crippen LogP) is 2.79. The van der Waals surface area contributed by atoms with Crippen molar-refractivity contribution >= 4 is 0 Å². The van der Waals surface area contributed by atoms with Gasteiger partial charge in [0.05, 0.1) is 12.5 Å². The smallest absolute Gasteiger partial charge is 0.0950 e. The Morgan fingerprint density at radius 1 is 1.41 bits per heavy atom. The highest BCUT2D eigenvalue weighted by atomic mass is 16.3. The molecule has 0 radical (unpaired) electrons. The number of hydrogen-bond acceptors (Lipinski definition) is 3. The summed E-state index contributed by atoms with van der Waals surface area (Å²) >= 11 is 0. The van der Waals surface area contributed by atoms with Gasteiger partial charge in [-0.25, -0.2) is 0 Å². The Morgan fingerprint density at radius 3 is 3.18 bits per heavy atom. The van der Waals surface area contributed by atoms with E-state index < -0.39 is 0 Å². The van der Waals surface area contributed by atoms with E-state index in [1.54, 1.807) is 12.5 Å². The van der Waals surface area contributed by atoms with Gasteiger partial charge in [0.1, 0.15) is 0 Å². The second-order valence-corrected chi connectivity index (χ2v) is 4.63. The molecule has 0 saturated carbocycles. The zero-order valence-corrected chi connectivity index (χ0v) is 9.67. The van der Waals surface area contributed by atoms with E-state index in [4.69, 9.17) is 10.2 Å². The van der Waals surface area contributed by atoms with E-state index in [0.29, 0.717) is 5.92 Å². The number of nitrogens with two attached hydrogens (primary N) is 1. The number of hydrogen-bond donors (Lipinski definition) is 1. The van der Waals surface area contributed by atoms with Gasteiger partial charge in [-0.3, -0.25) is 4.98 Å². The van der Waals surface area contributed by atoms with Crippen molar-refractivity contribution in [2.75, 3.05) is 0 Å². The van der Waals surface area contributed by atoms with Crippen molar-refractivity contribution < 1.29 is 4.42 Å². The van der Waals surface area contributed by atoms with Crippen LogP contribution in [0.3, 0.4) is 0 Å². The van der Waals surface area contributed by atoms with Crippen LogP contribution >= 0.6 is 0 Å². The molecular formula is C14H16N2O. The zero-order valence-electron chi connectivity index (χ0n) is 9.67. The average Bonchev–Trinajstić information content (AvgIpc) is 2.91. The molecule has 0 saturated heterocycles. The molecular weight excluding hydrogens is 212 g/mol. The predicted molar refractivity (Wildman–Crippen MR) is 65.6 cm³/mol. The highest BCUT2D eigenvalue weighted by Gasteiger charge is 2.28. The number of fused-ring (bicyclic) bond motifs is 1. The second kappa shape index (κ2) is 4.34. The van der Waals surface area contributed by atoms with Crippen molar-refractivity contribution in [1.29, 1.82) is 0 Å². The largest absolute Gasteiger partial charge is 0.472 e. The average molecular weight is 228 g/mol. The molecule has 2 atom stereocenters.